The molecule has 1 aliphatic heterocycles. The number of hydrogen-bond donors (Lipinski definition) is 1. The SMILES string of the molecule is COc1ccc(N2CCOCC2)c(NC(=O)COc2ccc([N+](=O)[O-])cc2)c1. The maximum absolute atomic E-state index is 12.4. The number of amides is 1. The fourth-order valence-electron chi connectivity index (χ4n) is 2.82. The van der Waals surface area contributed by atoms with Crippen LogP contribution in [0.2, 0.25) is 0 Å². The molecule has 1 amide bonds. The number of methoxy groups -OCH3 is 1. The van der Waals surface area contributed by atoms with E-state index in [1.807, 2.05) is 12.1 Å². The fourth-order valence-corrected chi connectivity index (χ4v) is 2.82. The average Bonchev–Trinajstić information content (AvgIpc) is 2.73. The largest absolute Gasteiger partial charge is 0.497 e. The molecule has 0 radical (unpaired) electrons. The van der Waals surface area contributed by atoms with E-state index in [1.165, 1.54) is 24.3 Å². The van der Waals surface area contributed by atoms with Crippen LogP contribution in [0.25, 0.3) is 0 Å². The minimum atomic E-state index is -0.494. The van der Waals surface area contributed by atoms with E-state index in [9.17, 15) is 14.9 Å². The molecular weight excluding hydrogens is 366 g/mol. The summed E-state index contributed by atoms with van der Waals surface area (Å²) in [6.45, 7) is 2.49. The fraction of sp³-hybridized carbons (Fsp3) is 0.316. The summed E-state index contributed by atoms with van der Waals surface area (Å²) in [5.41, 5.74) is 1.47. The molecule has 1 aliphatic rings. The minimum absolute atomic E-state index is 0.0386. The second kappa shape index (κ2) is 9.05. The molecule has 3 rings (SSSR count). The number of rotatable bonds is 7. The number of nitro groups is 1. The number of anilines is 2. The molecule has 0 aromatic heterocycles. The van der Waals surface area contributed by atoms with E-state index in [-0.39, 0.29) is 18.2 Å². The second-order valence-electron chi connectivity index (χ2n) is 6.07. The molecule has 0 atom stereocenters. The number of benzene rings is 2. The first kappa shape index (κ1) is 19.4. The van der Waals surface area contributed by atoms with Crippen molar-refractivity contribution in [1.82, 2.24) is 0 Å². The molecule has 1 saturated heterocycles. The predicted octanol–water partition coefficient (Wildman–Crippen LogP) is 2.46. The Labute approximate surface area is 162 Å². The summed E-state index contributed by atoms with van der Waals surface area (Å²) < 4.78 is 16.1. The number of nitrogens with zero attached hydrogens (tertiary/aromatic N) is 2. The van der Waals surface area contributed by atoms with Crippen molar-refractivity contribution in [1.29, 1.82) is 0 Å². The van der Waals surface area contributed by atoms with Gasteiger partial charge in [-0.1, -0.05) is 0 Å². The molecule has 0 spiro atoms. The van der Waals surface area contributed by atoms with Gasteiger partial charge < -0.3 is 24.4 Å². The van der Waals surface area contributed by atoms with Crippen LogP contribution in [-0.4, -0.2) is 50.9 Å². The summed E-state index contributed by atoms with van der Waals surface area (Å²) in [4.78, 5) is 24.7. The number of nitro benzene ring substituents is 1. The maximum atomic E-state index is 12.4. The number of ether oxygens (including phenoxy) is 3. The molecule has 0 aliphatic carbocycles. The Morgan fingerprint density at radius 2 is 1.86 bits per heavy atom. The summed E-state index contributed by atoms with van der Waals surface area (Å²) in [5, 5.41) is 13.5. The molecule has 0 unspecified atom stereocenters. The number of hydrogen-bond acceptors (Lipinski definition) is 7. The lowest BCUT2D eigenvalue weighted by atomic mass is 10.2. The van der Waals surface area contributed by atoms with Gasteiger partial charge in [0.2, 0.25) is 0 Å². The summed E-state index contributed by atoms with van der Waals surface area (Å²) in [6, 6.07) is 11.1. The van der Waals surface area contributed by atoms with Crippen molar-refractivity contribution >= 4 is 23.0 Å². The van der Waals surface area contributed by atoms with Crippen LogP contribution in [-0.2, 0) is 9.53 Å². The summed E-state index contributed by atoms with van der Waals surface area (Å²) >= 11 is 0. The molecule has 148 valence electrons. The Hall–Kier alpha value is -3.33. The van der Waals surface area contributed by atoms with Crippen LogP contribution in [0.15, 0.2) is 42.5 Å². The molecule has 1 heterocycles. The molecule has 2 aromatic rings. The van der Waals surface area contributed by atoms with Crippen molar-refractivity contribution < 1.29 is 23.9 Å². The predicted molar refractivity (Wildman–Crippen MR) is 103 cm³/mol. The minimum Gasteiger partial charge on any atom is -0.497 e. The van der Waals surface area contributed by atoms with E-state index in [1.54, 1.807) is 13.2 Å². The number of carbonyl (C=O) groups excluding carboxylic acids is 1. The van der Waals surface area contributed by atoms with Crippen LogP contribution in [0.4, 0.5) is 17.1 Å². The number of morpholine rings is 1. The lowest BCUT2D eigenvalue weighted by molar-refractivity contribution is -0.384. The number of nitrogens with one attached hydrogen (secondary N) is 1. The molecular formula is C19H21N3O6. The van der Waals surface area contributed by atoms with Gasteiger partial charge in [0.1, 0.15) is 11.5 Å². The first-order valence-electron chi connectivity index (χ1n) is 8.74. The Bertz CT molecular complexity index is 834. The van der Waals surface area contributed by atoms with Crippen LogP contribution in [0.3, 0.4) is 0 Å². The van der Waals surface area contributed by atoms with Gasteiger partial charge in [-0.3, -0.25) is 14.9 Å². The second-order valence-corrected chi connectivity index (χ2v) is 6.07. The molecule has 1 N–H and O–H groups in total. The molecule has 9 nitrogen and oxygen atoms in total. The first-order chi connectivity index (χ1) is 13.6. The van der Waals surface area contributed by atoms with E-state index in [0.29, 0.717) is 30.4 Å². The number of non-ortho nitro benzene ring substituents is 1. The topological polar surface area (TPSA) is 103 Å². The quantitative estimate of drug-likeness (QED) is 0.575. The van der Waals surface area contributed by atoms with Crippen LogP contribution in [0, 0.1) is 10.1 Å². The zero-order chi connectivity index (χ0) is 19.9. The zero-order valence-electron chi connectivity index (χ0n) is 15.4. The van der Waals surface area contributed by atoms with E-state index >= 15 is 0 Å². The van der Waals surface area contributed by atoms with Crippen molar-refractivity contribution in [3.05, 3.63) is 52.6 Å². The van der Waals surface area contributed by atoms with Gasteiger partial charge in [-0.25, -0.2) is 0 Å². The molecule has 0 saturated carbocycles. The highest BCUT2D eigenvalue weighted by Crippen LogP contribution is 2.31. The van der Waals surface area contributed by atoms with Gasteiger partial charge in [0.25, 0.3) is 11.6 Å². The van der Waals surface area contributed by atoms with Crippen LogP contribution in [0.5, 0.6) is 11.5 Å². The van der Waals surface area contributed by atoms with Crippen LogP contribution in [0.1, 0.15) is 0 Å². The van der Waals surface area contributed by atoms with E-state index in [4.69, 9.17) is 14.2 Å². The molecule has 28 heavy (non-hydrogen) atoms. The maximum Gasteiger partial charge on any atom is 0.269 e. The third-order valence-electron chi connectivity index (χ3n) is 4.25. The van der Waals surface area contributed by atoms with Crippen molar-refractivity contribution in [3.63, 3.8) is 0 Å². The highest BCUT2D eigenvalue weighted by molar-refractivity contribution is 5.95. The first-order valence-corrected chi connectivity index (χ1v) is 8.74. The Morgan fingerprint density at radius 3 is 2.50 bits per heavy atom. The van der Waals surface area contributed by atoms with Crippen molar-refractivity contribution in [2.45, 2.75) is 0 Å². The van der Waals surface area contributed by atoms with Gasteiger partial charge >= 0.3 is 0 Å². The molecule has 0 bridgehead atoms. The van der Waals surface area contributed by atoms with Crippen molar-refractivity contribution in [2.24, 2.45) is 0 Å². The van der Waals surface area contributed by atoms with Gasteiger partial charge in [0.05, 0.1) is 36.6 Å². The standard InChI is InChI=1S/C19H21N3O6/c1-26-16-6-7-18(21-8-10-27-11-9-21)17(12-16)20-19(23)13-28-15-4-2-14(3-5-15)22(24)25/h2-7,12H,8-11,13H2,1H3,(H,20,23). The van der Waals surface area contributed by atoms with Crippen molar-refractivity contribution in [2.75, 3.05) is 50.2 Å². The van der Waals surface area contributed by atoms with Crippen LogP contribution >= 0.6 is 0 Å². The lowest BCUT2D eigenvalue weighted by Gasteiger charge is -2.30. The molecule has 1 fully saturated rings. The normalized spacial score (nSPS) is 13.7. The van der Waals surface area contributed by atoms with Gasteiger partial charge in [0, 0.05) is 31.3 Å². The Morgan fingerprint density at radius 1 is 1.18 bits per heavy atom. The third kappa shape index (κ3) is 4.89. The highest BCUT2D eigenvalue weighted by atomic mass is 16.6. The third-order valence-corrected chi connectivity index (χ3v) is 4.25. The monoisotopic (exact) mass is 387 g/mol. The van der Waals surface area contributed by atoms with Gasteiger partial charge in [-0.2, -0.15) is 0 Å². The van der Waals surface area contributed by atoms with E-state index in [2.05, 4.69) is 10.2 Å². The molecule has 9 heteroatoms. The summed E-state index contributed by atoms with van der Waals surface area (Å²) in [7, 11) is 1.56. The lowest BCUT2D eigenvalue weighted by Crippen LogP contribution is -2.37. The smallest absolute Gasteiger partial charge is 0.269 e. The van der Waals surface area contributed by atoms with E-state index < -0.39 is 4.92 Å². The van der Waals surface area contributed by atoms with Gasteiger partial charge in [0.15, 0.2) is 6.61 Å². The summed E-state index contributed by atoms with van der Waals surface area (Å²) in [5.74, 6) is 0.657. The average molecular weight is 387 g/mol. The van der Waals surface area contributed by atoms with E-state index in [0.717, 1.165) is 18.8 Å². The Balaban J connectivity index is 1.65. The van der Waals surface area contributed by atoms with Gasteiger partial charge in [-0.15, -0.1) is 0 Å². The number of carbonyl (C=O) groups is 1. The molecule has 2 aromatic carbocycles. The zero-order valence-corrected chi connectivity index (χ0v) is 15.4. The Kier molecular flexibility index (Phi) is 6.28. The van der Waals surface area contributed by atoms with Crippen LogP contribution < -0.4 is 19.7 Å². The van der Waals surface area contributed by atoms with Gasteiger partial charge in [-0.05, 0) is 24.3 Å². The summed E-state index contributed by atoms with van der Waals surface area (Å²) in [6.07, 6.45) is 0. The van der Waals surface area contributed by atoms with Crippen molar-refractivity contribution in [3.8, 4) is 11.5 Å². The highest BCUT2D eigenvalue weighted by Gasteiger charge is 2.17.